The normalized spacial score (nSPS) is 19.0. The molecular formula is C20H23N5O3. The van der Waals surface area contributed by atoms with E-state index in [1.54, 1.807) is 0 Å². The highest BCUT2D eigenvalue weighted by Gasteiger charge is 2.31. The summed E-state index contributed by atoms with van der Waals surface area (Å²) in [6, 6.07) is 8.98. The first-order chi connectivity index (χ1) is 13.5. The smallest absolute Gasteiger partial charge is 0.322 e. The van der Waals surface area contributed by atoms with Crippen LogP contribution in [0, 0.1) is 0 Å². The van der Waals surface area contributed by atoms with Crippen LogP contribution in [0.2, 0.25) is 0 Å². The molecule has 1 atom stereocenters. The molecule has 0 radical (unpaired) electrons. The molecule has 1 saturated heterocycles. The standard InChI is InChI=1S/C20H23N5O3/c1-24-16-10-12-25(17(26)8-7-15-19(27)22-20(28)21-15)11-9-14(16)18(23-24)13-5-3-2-4-6-13/h2-6,15H,7-12H2,1H3,(H2,21,22,27,28)/t15-/m0/s1. The van der Waals surface area contributed by atoms with Gasteiger partial charge in [-0.15, -0.1) is 0 Å². The maximum atomic E-state index is 12.7. The number of nitrogens with zero attached hydrogens (tertiary/aromatic N) is 3. The largest absolute Gasteiger partial charge is 0.342 e. The average molecular weight is 381 g/mol. The summed E-state index contributed by atoms with van der Waals surface area (Å²) in [6.07, 6.45) is 2.05. The van der Waals surface area contributed by atoms with Crippen molar-refractivity contribution in [1.82, 2.24) is 25.3 Å². The number of carbonyl (C=O) groups excluding carboxylic acids is 3. The molecule has 2 N–H and O–H groups in total. The Labute approximate surface area is 162 Å². The number of carbonyl (C=O) groups is 3. The number of hydrogen-bond acceptors (Lipinski definition) is 4. The van der Waals surface area contributed by atoms with E-state index in [0.717, 1.165) is 29.8 Å². The first-order valence-electron chi connectivity index (χ1n) is 9.52. The fourth-order valence-corrected chi connectivity index (χ4v) is 3.94. The monoisotopic (exact) mass is 381 g/mol. The van der Waals surface area contributed by atoms with Crippen LogP contribution >= 0.6 is 0 Å². The quantitative estimate of drug-likeness (QED) is 0.773. The van der Waals surface area contributed by atoms with Crippen molar-refractivity contribution < 1.29 is 14.4 Å². The Balaban J connectivity index is 1.43. The van der Waals surface area contributed by atoms with Crippen LogP contribution in [-0.4, -0.2) is 51.7 Å². The van der Waals surface area contributed by atoms with E-state index >= 15 is 0 Å². The van der Waals surface area contributed by atoms with Crippen molar-refractivity contribution in [3.05, 3.63) is 41.6 Å². The van der Waals surface area contributed by atoms with Gasteiger partial charge in [0.2, 0.25) is 5.91 Å². The minimum absolute atomic E-state index is 0.0102. The Morgan fingerprint density at radius 3 is 2.64 bits per heavy atom. The van der Waals surface area contributed by atoms with E-state index in [1.807, 2.05) is 34.8 Å². The zero-order chi connectivity index (χ0) is 19.7. The summed E-state index contributed by atoms with van der Waals surface area (Å²) >= 11 is 0. The molecule has 4 amide bonds. The summed E-state index contributed by atoms with van der Waals surface area (Å²) in [5, 5.41) is 9.44. The maximum absolute atomic E-state index is 12.7. The molecule has 28 heavy (non-hydrogen) atoms. The van der Waals surface area contributed by atoms with E-state index in [4.69, 9.17) is 5.10 Å². The van der Waals surface area contributed by atoms with Crippen LogP contribution in [-0.2, 0) is 29.5 Å². The number of hydrogen-bond donors (Lipinski definition) is 2. The minimum atomic E-state index is -0.616. The second-order valence-corrected chi connectivity index (χ2v) is 7.20. The van der Waals surface area contributed by atoms with Gasteiger partial charge >= 0.3 is 6.03 Å². The number of aromatic nitrogens is 2. The average Bonchev–Trinajstić information content (AvgIpc) is 3.08. The lowest BCUT2D eigenvalue weighted by atomic mass is 10.0. The van der Waals surface area contributed by atoms with E-state index in [9.17, 15) is 14.4 Å². The molecule has 8 nitrogen and oxygen atoms in total. The van der Waals surface area contributed by atoms with Gasteiger partial charge in [-0.25, -0.2) is 4.79 Å². The lowest BCUT2D eigenvalue weighted by molar-refractivity contribution is -0.131. The van der Waals surface area contributed by atoms with E-state index in [-0.39, 0.29) is 18.2 Å². The number of aryl methyl sites for hydroxylation is 1. The highest BCUT2D eigenvalue weighted by atomic mass is 16.2. The zero-order valence-electron chi connectivity index (χ0n) is 15.8. The number of nitrogens with one attached hydrogen (secondary N) is 2. The molecule has 146 valence electrons. The number of urea groups is 1. The van der Waals surface area contributed by atoms with Crippen LogP contribution in [0.1, 0.15) is 24.1 Å². The predicted molar refractivity (Wildman–Crippen MR) is 102 cm³/mol. The Kier molecular flexibility index (Phi) is 4.85. The molecule has 1 aromatic heterocycles. The molecule has 4 rings (SSSR count). The van der Waals surface area contributed by atoms with Crippen LogP contribution in [0.25, 0.3) is 11.3 Å². The van der Waals surface area contributed by atoms with E-state index in [2.05, 4.69) is 22.8 Å². The minimum Gasteiger partial charge on any atom is -0.342 e. The summed E-state index contributed by atoms with van der Waals surface area (Å²) < 4.78 is 1.92. The van der Waals surface area contributed by atoms with E-state index < -0.39 is 12.1 Å². The Morgan fingerprint density at radius 1 is 1.18 bits per heavy atom. The number of rotatable bonds is 4. The maximum Gasteiger partial charge on any atom is 0.322 e. The first kappa shape index (κ1) is 18.2. The molecule has 8 heteroatoms. The summed E-state index contributed by atoms with van der Waals surface area (Å²) in [4.78, 5) is 37.3. The Morgan fingerprint density at radius 2 is 1.93 bits per heavy atom. The molecule has 0 bridgehead atoms. The third kappa shape index (κ3) is 3.49. The van der Waals surface area contributed by atoms with E-state index in [1.165, 1.54) is 5.56 Å². The van der Waals surface area contributed by atoms with E-state index in [0.29, 0.717) is 19.5 Å². The molecule has 1 fully saturated rings. The van der Waals surface area contributed by atoms with Gasteiger partial charge in [-0.3, -0.25) is 19.6 Å². The second kappa shape index (κ2) is 7.46. The van der Waals surface area contributed by atoms with Crippen molar-refractivity contribution >= 4 is 17.8 Å². The van der Waals surface area contributed by atoms with Crippen molar-refractivity contribution in [3.63, 3.8) is 0 Å². The fraction of sp³-hybridized carbons (Fsp3) is 0.400. The first-order valence-corrected chi connectivity index (χ1v) is 9.52. The van der Waals surface area contributed by atoms with Crippen molar-refractivity contribution in [1.29, 1.82) is 0 Å². The fourth-order valence-electron chi connectivity index (χ4n) is 3.94. The topological polar surface area (TPSA) is 96.3 Å². The van der Waals surface area contributed by atoms with Crippen molar-refractivity contribution in [2.45, 2.75) is 31.7 Å². The third-order valence-corrected chi connectivity index (χ3v) is 5.43. The van der Waals surface area contributed by atoms with Gasteiger partial charge in [0.05, 0.1) is 5.69 Å². The predicted octanol–water partition coefficient (Wildman–Crippen LogP) is 1.00. The summed E-state index contributed by atoms with van der Waals surface area (Å²) in [5.74, 6) is -0.351. The van der Waals surface area contributed by atoms with Crippen LogP contribution < -0.4 is 10.6 Å². The van der Waals surface area contributed by atoms with Gasteiger partial charge in [0.15, 0.2) is 0 Å². The Hall–Kier alpha value is -3.16. The van der Waals surface area contributed by atoms with Gasteiger partial charge in [-0.1, -0.05) is 30.3 Å². The highest BCUT2D eigenvalue weighted by Crippen LogP contribution is 2.28. The van der Waals surface area contributed by atoms with Crippen molar-refractivity contribution in [3.8, 4) is 11.3 Å². The van der Waals surface area contributed by atoms with Crippen LogP contribution in [0.4, 0.5) is 4.79 Å². The van der Waals surface area contributed by atoms with Crippen molar-refractivity contribution in [2.24, 2.45) is 7.05 Å². The lowest BCUT2D eigenvalue weighted by Gasteiger charge is -2.21. The zero-order valence-corrected chi connectivity index (χ0v) is 15.8. The molecule has 0 saturated carbocycles. The van der Waals surface area contributed by atoms with Gasteiger partial charge in [-0.05, 0) is 12.8 Å². The molecule has 2 aliphatic heterocycles. The molecule has 3 heterocycles. The SMILES string of the molecule is Cn1nc(-c2ccccc2)c2c1CCN(C(=O)CC[C@@H]1NC(=O)NC1=O)CC2. The summed E-state index contributed by atoms with van der Waals surface area (Å²) in [6.45, 7) is 1.25. The molecular weight excluding hydrogens is 358 g/mol. The number of imide groups is 1. The van der Waals surface area contributed by atoms with Gasteiger partial charge < -0.3 is 10.2 Å². The summed E-state index contributed by atoms with van der Waals surface area (Å²) in [5.41, 5.74) is 4.43. The Bertz CT molecular complexity index is 921. The number of benzene rings is 1. The third-order valence-electron chi connectivity index (χ3n) is 5.43. The molecule has 2 aromatic rings. The highest BCUT2D eigenvalue weighted by molar-refractivity contribution is 6.04. The molecule has 2 aliphatic rings. The molecule has 0 unspecified atom stereocenters. The van der Waals surface area contributed by atoms with Gasteiger partial charge in [0, 0.05) is 49.8 Å². The number of fused-ring (bicyclic) bond motifs is 1. The number of amides is 4. The molecule has 1 aromatic carbocycles. The van der Waals surface area contributed by atoms with Gasteiger partial charge in [0.25, 0.3) is 5.91 Å². The van der Waals surface area contributed by atoms with Gasteiger partial charge in [-0.2, -0.15) is 5.10 Å². The van der Waals surface area contributed by atoms with Gasteiger partial charge in [0.1, 0.15) is 6.04 Å². The van der Waals surface area contributed by atoms with Crippen LogP contribution in [0.3, 0.4) is 0 Å². The summed E-state index contributed by atoms with van der Waals surface area (Å²) in [7, 11) is 1.95. The van der Waals surface area contributed by atoms with Crippen molar-refractivity contribution in [2.75, 3.05) is 13.1 Å². The van der Waals surface area contributed by atoms with Crippen LogP contribution in [0.5, 0.6) is 0 Å². The van der Waals surface area contributed by atoms with Crippen LogP contribution in [0.15, 0.2) is 30.3 Å². The molecule has 0 spiro atoms. The molecule has 0 aliphatic carbocycles. The lowest BCUT2D eigenvalue weighted by Crippen LogP contribution is -2.36. The second-order valence-electron chi connectivity index (χ2n) is 7.20.